The molecule has 0 bridgehead atoms. The van der Waals surface area contributed by atoms with Crippen LogP contribution < -0.4 is 4.90 Å². The SMILES string of the molecule is O=C(c1ccc([N+](=O)[O-])cc1)N1CCN(c2ccccn2)CC1. The fourth-order valence-electron chi connectivity index (χ4n) is 2.59. The zero-order valence-corrected chi connectivity index (χ0v) is 12.5. The number of piperazine rings is 1. The Morgan fingerprint density at radius 2 is 1.74 bits per heavy atom. The molecule has 1 saturated heterocycles. The summed E-state index contributed by atoms with van der Waals surface area (Å²) in [7, 11) is 0. The van der Waals surface area contributed by atoms with Gasteiger partial charge in [-0.1, -0.05) is 6.07 Å². The van der Waals surface area contributed by atoms with Crippen molar-refractivity contribution in [1.82, 2.24) is 9.88 Å². The average Bonchev–Trinajstić information content (AvgIpc) is 2.62. The minimum atomic E-state index is -0.472. The van der Waals surface area contributed by atoms with E-state index >= 15 is 0 Å². The van der Waals surface area contributed by atoms with E-state index in [0.717, 1.165) is 18.9 Å². The summed E-state index contributed by atoms with van der Waals surface area (Å²) in [5, 5.41) is 10.7. The number of carbonyl (C=O) groups excluding carboxylic acids is 1. The molecular formula is C16H16N4O3. The number of amides is 1. The molecule has 118 valence electrons. The Bertz CT molecular complexity index is 695. The first kappa shape index (κ1) is 15.0. The summed E-state index contributed by atoms with van der Waals surface area (Å²) in [6.07, 6.45) is 1.75. The standard InChI is InChI=1S/C16H16N4O3/c21-16(13-4-6-14(7-5-13)20(22)23)19-11-9-18(10-12-19)15-3-1-2-8-17-15/h1-8H,9-12H2. The van der Waals surface area contributed by atoms with Crippen LogP contribution in [-0.2, 0) is 0 Å². The van der Waals surface area contributed by atoms with E-state index in [2.05, 4.69) is 9.88 Å². The fourth-order valence-corrected chi connectivity index (χ4v) is 2.59. The third-order valence-corrected chi connectivity index (χ3v) is 3.87. The Balaban J connectivity index is 1.63. The van der Waals surface area contributed by atoms with Crippen molar-refractivity contribution in [2.24, 2.45) is 0 Å². The molecule has 2 heterocycles. The minimum Gasteiger partial charge on any atom is -0.353 e. The highest BCUT2D eigenvalue weighted by Crippen LogP contribution is 2.16. The van der Waals surface area contributed by atoms with Gasteiger partial charge in [-0.25, -0.2) is 4.98 Å². The summed E-state index contributed by atoms with van der Waals surface area (Å²) in [4.78, 5) is 30.8. The number of nitrogens with zero attached hydrogens (tertiary/aromatic N) is 4. The van der Waals surface area contributed by atoms with Crippen molar-refractivity contribution in [2.75, 3.05) is 31.1 Å². The van der Waals surface area contributed by atoms with Crippen LogP contribution in [0.25, 0.3) is 0 Å². The molecule has 1 aliphatic heterocycles. The molecule has 23 heavy (non-hydrogen) atoms. The molecule has 0 aliphatic carbocycles. The lowest BCUT2D eigenvalue weighted by Crippen LogP contribution is -2.49. The van der Waals surface area contributed by atoms with Crippen molar-refractivity contribution in [3.05, 3.63) is 64.3 Å². The van der Waals surface area contributed by atoms with Crippen molar-refractivity contribution in [3.8, 4) is 0 Å². The van der Waals surface area contributed by atoms with Crippen molar-refractivity contribution < 1.29 is 9.72 Å². The van der Waals surface area contributed by atoms with Crippen LogP contribution in [0.15, 0.2) is 48.7 Å². The quantitative estimate of drug-likeness (QED) is 0.639. The number of hydrogen-bond acceptors (Lipinski definition) is 5. The minimum absolute atomic E-state index is 0.0125. The number of rotatable bonds is 3. The normalized spacial score (nSPS) is 14.6. The predicted octanol–water partition coefficient (Wildman–Crippen LogP) is 1.95. The topological polar surface area (TPSA) is 79.6 Å². The predicted molar refractivity (Wildman–Crippen MR) is 85.4 cm³/mol. The summed E-state index contributed by atoms with van der Waals surface area (Å²) < 4.78 is 0. The molecule has 3 rings (SSSR count). The summed E-state index contributed by atoms with van der Waals surface area (Å²) >= 11 is 0. The number of pyridine rings is 1. The van der Waals surface area contributed by atoms with Crippen LogP contribution in [0.5, 0.6) is 0 Å². The number of nitro benzene ring substituents is 1. The number of carbonyl (C=O) groups is 1. The second-order valence-corrected chi connectivity index (χ2v) is 5.27. The monoisotopic (exact) mass is 312 g/mol. The molecule has 2 aromatic rings. The third kappa shape index (κ3) is 3.28. The van der Waals surface area contributed by atoms with Gasteiger partial charge in [0, 0.05) is 50.1 Å². The van der Waals surface area contributed by atoms with E-state index in [-0.39, 0.29) is 11.6 Å². The number of aromatic nitrogens is 1. The molecule has 0 unspecified atom stereocenters. The van der Waals surface area contributed by atoms with E-state index in [1.165, 1.54) is 24.3 Å². The number of benzene rings is 1. The average molecular weight is 312 g/mol. The molecule has 0 radical (unpaired) electrons. The van der Waals surface area contributed by atoms with E-state index in [1.54, 1.807) is 11.1 Å². The molecular weight excluding hydrogens is 296 g/mol. The summed E-state index contributed by atoms with van der Waals surface area (Å²) in [5.74, 6) is 0.815. The zero-order chi connectivity index (χ0) is 16.2. The number of nitro groups is 1. The molecule has 0 spiro atoms. The van der Waals surface area contributed by atoms with Gasteiger partial charge in [0.05, 0.1) is 4.92 Å². The Labute approximate surface area is 133 Å². The molecule has 1 aliphatic rings. The van der Waals surface area contributed by atoms with Crippen LogP contribution in [0.1, 0.15) is 10.4 Å². The van der Waals surface area contributed by atoms with E-state index in [4.69, 9.17) is 0 Å². The molecule has 7 heteroatoms. The largest absolute Gasteiger partial charge is 0.353 e. The Hall–Kier alpha value is -2.96. The van der Waals surface area contributed by atoms with Crippen LogP contribution in [0.4, 0.5) is 11.5 Å². The van der Waals surface area contributed by atoms with Gasteiger partial charge >= 0.3 is 0 Å². The maximum absolute atomic E-state index is 12.4. The molecule has 1 amide bonds. The summed E-state index contributed by atoms with van der Waals surface area (Å²) in [6.45, 7) is 2.64. The number of non-ortho nitro benzene ring substituents is 1. The van der Waals surface area contributed by atoms with E-state index in [0.29, 0.717) is 18.7 Å². The maximum atomic E-state index is 12.4. The van der Waals surface area contributed by atoms with Gasteiger partial charge in [-0.3, -0.25) is 14.9 Å². The molecule has 1 aromatic carbocycles. The lowest BCUT2D eigenvalue weighted by molar-refractivity contribution is -0.384. The zero-order valence-electron chi connectivity index (χ0n) is 12.5. The van der Waals surface area contributed by atoms with Gasteiger partial charge in [-0.05, 0) is 24.3 Å². The fraction of sp³-hybridized carbons (Fsp3) is 0.250. The van der Waals surface area contributed by atoms with E-state index < -0.39 is 4.92 Å². The number of anilines is 1. The van der Waals surface area contributed by atoms with E-state index in [1.807, 2.05) is 18.2 Å². The lowest BCUT2D eigenvalue weighted by Gasteiger charge is -2.35. The highest BCUT2D eigenvalue weighted by molar-refractivity contribution is 5.94. The first-order chi connectivity index (χ1) is 11.1. The lowest BCUT2D eigenvalue weighted by atomic mass is 10.1. The smallest absolute Gasteiger partial charge is 0.269 e. The maximum Gasteiger partial charge on any atom is 0.269 e. The molecule has 7 nitrogen and oxygen atoms in total. The van der Waals surface area contributed by atoms with Gasteiger partial charge < -0.3 is 9.80 Å². The molecule has 0 atom stereocenters. The molecule has 0 N–H and O–H groups in total. The third-order valence-electron chi connectivity index (χ3n) is 3.87. The van der Waals surface area contributed by atoms with Crippen LogP contribution >= 0.6 is 0 Å². The van der Waals surface area contributed by atoms with Gasteiger partial charge in [-0.2, -0.15) is 0 Å². The van der Waals surface area contributed by atoms with Gasteiger partial charge in [0.15, 0.2) is 0 Å². The van der Waals surface area contributed by atoms with Gasteiger partial charge in [0.25, 0.3) is 11.6 Å². The second-order valence-electron chi connectivity index (χ2n) is 5.27. The molecule has 1 aromatic heterocycles. The van der Waals surface area contributed by atoms with Crippen LogP contribution in [0.3, 0.4) is 0 Å². The Kier molecular flexibility index (Phi) is 4.18. The van der Waals surface area contributed by atoms with Crippen LogP contribution in [0, 0.1) is 10.1 Å². The highest BCUT2D eigenvalue weighted by atomic mass is 16.6. The Morgan fingerprint density at radius 1 is 1.04 bits per heavy atom. The summed E-state index contributed by atoms with van der Waals surface area (Å²) in [5.41, 5.74) is 0.461. The van der Waals surface area contributed by atoms with Gasteiger partial charge in [0.1, 0.15) is 5.82 Å². The van der Waals surface area contributed by atoms with Crippen molar-refractivity contribution in [3.63, 3.8) is 0 Å². The molecule has 0 saturated carbocycles. The summed E-state index contributed by atoms with van der Waals surface area (Å²) in [6, 6.07) is 11.5. The van der Waals surface area contributed by atoms with Crippen molar-refractivity contribution in [2.45, 2.75) is 0 Å². The molecule has 1 fully saturated rings. The second kappa shape index (κ2) is 6.43. The number of hydrogen-bond donors (Lipinski definition) is 0. The van der Waals surface area contributed by atoms with Crippen molar-refractivity contribution in [1.29, 1.82) is 0 Å². The van der Waals surface area contributed by atoms with Gasteiger partial charge in [-0.15, -0.1) is 0 Å². The van der Waals surface area contributed by atoms with Crippen LogP contribution in [-0.4, -0.2) is 46.9 Å². The van der Waals surface area contributed by atoms with Crippen LogP contribution in [0.2, 0.25) is 0 Å². The highest BCUT2D eigenvalue weighted by Gasteiger charge is 2.23. The van der Waals surface area contributed by atoms with Crippen molar-refractivity contribution >= 4 is 17.4 Å². The first-order valence-corrected chi connectivity index (χ1v) is 7.35. The first-order valence-electron chi connectivity index (χ1n) is 7.35. The van der Waals surface area contributed by atoms with E-state index in [9.17, 15) is 14.9 Å². The Morgan fingerprint density at radius 3 is 2.30 bits per heavy atom. The van der Waals surface area contributed by atoms with Gasteiger partial charge in [0.2, 0.25) is 0 Å².